The van der Waals surface area contributed by atoms with Crippen LogP contribution in [0.4, 0.5) is 5.69 Å². The summed E-state index contributed by atoms with van der Waals surface area (Å²) in [5, 5.41) is 10.4. The van der Waals surface area contributed by atoms with E-state index in [0.717, 1.165) is 22.4 Å². The minimum absolute atomic E-state index is 0.253. The molecule has 34 heavy (non-hydrogen) atoms. The quantitative estimate of drug-likeness (QED) is 0.666. The largest absolute Gasteiger partial charge is 0.472 e. The molecule has 10 heteroatoms. The van der Waals surface area contributed by atoms with Gasteiger partial charge >= 0.3 is 0 Å². The van der Waals surface area contributed by atoms with E-state index in [4.69, 9.17) is 35.6 Å². The van der Waals surface area contributed by atoms with E-state index < -0.39 is 15.8 Å². The summed E-state index contributed by atoms with van der Waals surface area (Å²) in [6.45, 7) is 0.603. The molecule has 0 radical (unpaired) electrons. The molecule has 0 amide bonds. The Balaban J connectivity index is 1.17. The summed E-state index contributed by atoms with van der Waals surface area (Å²) in [5.74, 6) is 1.26. The number of ether oxygens (including phenoxy) is 3. The first-order valence-corrected chi connectivity index (χ1v) is 13.5. The third-order valence-electron chi connectivity index (χ3n) is 6.69. The topological polar surface area (TPSA) is 114 Å². The first kappa shape index (κ1) is 22.2. The molecule has 1 unspecified atom stereocenters. The summed E-state index contributed by atoms with van der Waals surface area (Å²) < 4.78 is 37.0. The maximum atomic E-state index is 11.9. The second kappa shape index (κ2) is 8.42. The van der Waals surface area contributed by atoms with Gasteiger partial charge in [0.05, 0.1) is 47.5 Å². The molecule has 0 bridgehead atoms. The molecule has 5 heterocycles. The lowest BCUT2D eigenvalue weighted by Crippen LogP contribution is -2.34. The highest BCUT2D eigenvalue weighted by atomic mass is 35.5. The second-order valence-corrected chi connectivity index (χ2v) is 11.8. The molecule has 178 valence electrons. The third kappa shape index (κ3) is 4.05. The summed E-state index contributed by atoms with van der Waals surface area (Å²) in [4.78, 5) is 9.34. The molecule has 0 saturated carbocycles. The lowest BCUT2D eigenvalue weighted by atomic mass is 10.0. The Labute approximate surface area is 202 Å². The number of rotatable bonds is 3. The number of pyridine rings is 1. The zero-order valence-corrected chi connectivity index (χ0v) is 19.8. The Kier molecular flexibility index (Phi) is 5.50. The van der Waals surface area contributed by atoms with Crippen LogP contribution in [0.5, 0.6) is 0 Å². The van der Waals surface area contributed by atoms with Crippen LogP contribution in [-0.2, 0) is 30.4 Å². The Morgan fingerprint density at radius 3 is 2.68 bits per heavy atom. The normalized spacial score (nSPS) is 32.2. The Morgan fingerprint density at radius 2 is 1.91 bits per heavy atom. The van der Waals surface area contributed by atoms with E-state index in [-0.39, 0.29) is 24.9 Å². The van der Waals surface area contributed by atoms with Gasteiger partial charge in [0.2, 0.25) is 0 Å². The number of halogens is 1. The van der Waals surface area contributed by atoms with Crippen molar-refractivity contribution in [2.75, 3.05) is 24.7 Å². The maximum Gasteiger partial charge on any atom is 0.195 e. The predicted molar refractivity (Wildman–Crippen MR) is 129 cm³/mol. The molecule has 0 aliphatic carbocycles. The Hall–Kier alpha value is -2.30. The van der Waals surface area contributed by atoms with Crippen molar-refractivity contribution in [3.8, 4) is 11.3 Å². The summed E-state index contributed by atoms with van der Waals surface area (Å²) in [5.41, 5.74) is 5.24. The SMILES string of the molecule is N=S1(=O)CC=C(c2ccc(-c3nc4c(cc3Cl)N=C(O[C@@H]3CO[C@H]5[C@@H]3OC[C@H]5O)C4)cc2)CC1. The van der Waals surface area contributed by atoms with Gasteiger partial charge in [-0.15, -0.1) is 0 Å². The fourth-order valence-corrected chi connectivity index (χ4v) is 6.29. The summed E-state index contributed by atoms with van der Waals surface area (Å²) in [6.07, 6.45) is 1.45. The van der Waals surface area contributed by atoms with Gasteiger partial charge in [0, 0.05) is 21.0 Å². The van der Waals surface area contributed by atoms with Gasteiger partial charge in [-0.2, -0.15) is 0 Å². The first-order chi connectivity index (χ1) is 16.4. The van der Waals surface area contributed by atoms with Crippen LogP contribution in [0, 0.1) is 4.78 Å². The number of nitrogens with zero attached hydrogens (tertiary/aromatic N) is 2. The number of benzene rings is 1. The average molecular weight is 502 g/mol. The van der Waals surface area contributed by atoms with Gasteiger partial charge in [0.25, 0.3) is 0 Å². The average Bonchev–Trinajstić information content (AvgIpc) is 3.50. The maximum absolute atomic E-state index is 11.9. The lowest BCUT2D eigenvalue weighted by molar-refractivity contribution is 0.00558. The molecule has 4 aliphatic rings. The van der Waals surface area contributed by atoms with Gasteiger partial charge in [-0.05, 0) is 23.6 Å². The Bertz CT molecular complexity index is 1310. The minimum atomic E-state index is -2.46. The van der Waals surface area contributed by atoms with Crippen LogP contribution in [-0.4, -0.2) is 69.3 Å². The number of aliphatic imine (C=N–C) groups is 1. The number of allylic oxidation sites excluding steroid dienone is 1. The van der Waals surface area contributed by atoms with Crippen molar-refractivity contribution in [3.05, 3.63) is 52.7 Å². The van der Waals surface area contributed by atoms with Crippen LogP contribution >= 0.6 is 11.6 Å². The van der Waals surface area contributed by atoms with Gasteiger partial charge in [-0.1, -0.05) is 41.9 Å². The standard InChI is InChI=1S/C24H24ClN3O5S/c25-16-9-17-18(10-21(27-17)33-20-12-32-23-19(29)11-31-24(20)23)28-22(16)15-3-1-13(2-4-15)14-5-7-34(26,30)8-6-14/h1-5,9,19-20,23-24,26,29H,6-8,10-12H2/t19-,20-,23-,24-,34?/m1/s1. The van der Waals surface area contributed by atoms with E-state index in [2.05, 4.69) is 4.99 Å². The van der Waals surface area contributed by atoms with Gasteiger partial charge in [0.15, 0.2) is 12.0 Å². The van der Waals surface area contributed by atoms with Crippen LogP contribution in [0.3, 0.4) is 0 Å². The molecule has 2 N–H and O–H groups in total. The van der Waals surface area contributed by atoms with Crippen molar-refractivity contribution in [2.24, 2.45) is 4.99 Å². The van der Waals surface area contributed by atoms with Crippen molar-refractivity contribution < 1.29 is 23.5 Å². The third-order valence-corrected chi connectivity index (χ3v) is 8.55. The van der Waals surface area contributed by atoms with E-state index in [1.807, 2.05) is 36.4 Å². The van der Waals surface area contributed by atoms with E-state index in [1.165, 1.54) is 0 Å². The van der Waals surface area contributed by atoms with Crippen molar-refractivity contribution in [2.45, 2.75) is 37.3 Å². The van der Waals surface area contributed by atoms with Crippen molar-refractivity contribution in [1.82, 2.24) is 4.98 Å². The van der Waals surface area contributed by atoms with E-state index in [0.29, 0.717) is 53.3 Å². The molecule has 0 spiro atoms. The smallest absolute Gasteiger partial charge is 0.195 e. The molecule has 2 fully saturated rings. The molecular weight excluding hydrogens is 478 g/mol. The van der Waals surface area contributed by atoms with Crippen LogP contribution in [0.2, 0.25) is 5.02 Å². The van der Waals surface area contributed by atoms with E-state index >= 15 is 0 Å². The monoisotopic (exact) mass is 501 g/mol. The van der Waals surface area contributed by atoms with Crippen LogP contribution < -0.4 is 0 Å². The van der Waals surface area contributed by atoms with Crippen LogP contribution in [0.25, 0.3) is 16.8 Å². The minimum Gasteiger partial charge on any atom is -0.472 e. The number of aliphatic hydroxyl groups is 1. The molecule has 5 atom stereocenters. The fraction of sp³-hybridized carbons (Fsp3) is 0.417. The number of aliphatic hydroxyl groups excluding tert-OH is 1. The molecule has 6 rings (SSSR count). The molecule has 4 aliphatic heterocycles. The summed E-state index contributed by atoms with van der Waals surface area (Å²) in [6, 6.07) is 9.80. The van der Waals surface area contributed by atoms with Gasteiger partial charge < -0.3 is 19.3 Å². The van der Waals surface area contributed by atoms with E-state index in [1.54, 1.807) is 0 Å². The van der Waals surface area contributed by atoms with Gasteiger partial charge in [0.1, 0.15) is 18.3 Å². The number of aromatic nitrogens is 1. The molecule has 8 nitrogen and oxygen atoms in total. The van der Waals surface area contributed by atoms with Crippen molar-refractivity contribution in [1.29, 1.82) is 4.78 Å². The number of nitrogens with one attached hydrogen (secondary N) is 1. The van der Waals surface area contributed by atoms with Crippen molar-refractivity contribution >= 4 is 38.5 Å². The second-order valence-electron chi connectivity index (χ2n) is 9.03. The summed E-state index contributed by atoms with van der Waals surface area (Å²) in [7, 11) is -2.46. The van der Waals surface area contributed by atoms with Gasteiger partial charge in [-0.25, -0.2) is 14.2 Å². The first-order valence-electron chi connectivity index (χ1n) is 11.3. The fourth-order valence-electron chi connectivity index (χ4n) is 4.85. The molecule has 2 saturated heterocycles. The molecule has 2 aromatic rings. The number of hydrogen-bond acceptors (Lipinski definition) is 8. The Morgan fingerprint density at radius 1 is 1.15 bits per heavy atom. The number of hydrogen-bond donors (Lipinski definition) is 2. The predicted octanol–water partition coefficient (Wildman–Crippen LogP) is 3.37. The molecule has 1 aromatic carbocycles. The highest BCUT2D eigenvalue weighted by molar-refractivity contribution is 7.92. The van der Waals surface area contributed by atoms with Crippen LogP contribution in [0.15, 0.2) is 41.4 Å². The van der Waals surface area contributed by atoms with E-state index in [9.17, 15) is 9.32 Å². The molecule has 1 aromatic heterocycles. The lowest BCUT2D eigenvalue weighted by Gasteiger charge is -2.17. The zero-order chi connectivity index (χ0) is 23.4. The molecular formula is C24H24ClN3O5S. The van der Waals surface area contributed by atoms with Crippen molar-refractivity contribution in [3.63, 3.8) is 0 Å². The highest BCUT2D eigenvalue weighted by Gasteiger charge is 2.49. The van der Waals surface area contributed by atoms with Gasteiger partial charge in [-0.3, -0.25) is 4.78 Å². The highest BCUT2D eigenvalue weighted by Crippen LogP contribution is 2.37. The van der Waals surface area contributed by atoms with Crippen LogP contribution in [0.1, 0.15) is 17.7 Å². The summed E-state index contributed by atoms with van der Waals surface area (Å²) >= 11 is 6.56. The zero-order valence-electron chi connectivity index (χ0n) is 18.3. The number of fused-ring (bicyclic) bond motifs is 2.